The van der Waals surface area contributed by atoms with Crippen molar-refractivity contribution in [2.24, 2.45) is 5.92 Å². The number of benzene rings is 2. The maximum Gasteiger partial charge on any atom is 0.307 e. The largest absolute Gasteiger partial charge is 0.481 e. The molecule has 1 unspecified atom stereocenters. The molecule has 2 aromatic rings. The van der Waals surface area contributed by atoms with Gasteiger partial charge in [0.05, 0.1) is 5.92 Å². The Morgan fingerprint density at radius 2 is 1.76 bits per heavy atom. The van der Waals surface area contributed by atoms with Crippen molar-refractivity contribution in [1.29, 1.82) is 0 Å². The molecule has 3 heteroatoms. The highest BCUT2D eigenvalue weighted by Gasteiger charge is 2.20. The van der Waals surface area contributed by atoms with E-state index >= 15 is 0 Å². The normalized spacial score (nSPS) is 12.1. The molecule has 0 radical (unpaired) electrons. The highest BCUT2D eigenvalue weighted by atomic mass is 79.9. The van der Waals surface area contributed by atoms with Gasteiger partial charge in [0.15, 0.2) is 0 Å². The zero-order valence-electron chi connectivity index (χ0n) is 12.3. The summed E-state index contributed by atoms with van der Waals surface area (Å²) in [6.07, 6.45) is 1.09. The molecule has 0 saturated heterocycles. The van der Waals surface area contributed by atoms with Crippen LogP contribution in [0, 0.1) is 19.8 Å². The van der Waals surface area contributed by atoms with E-state index in [9.17, 15) is 9.90 Å². The zero-order chi connectivity index (χ0) is 15.4. The topological polar surface area (TPSA) is 37.3 Å². The van der Waals surface area contributed by atoms with Crippen molar-refractivity contribution in [3.05, 3.63) is 69.2 Å². The molecule has 0 aliphatic carbocycles. The molecular formula is C18H19BrO2. The third-order valence-electron chi connectivity index (χ3n) is 3.74. The van der Waals surface area contributed by atoms with Gasteiger partial charge in [0.2, 0.25) is 0 Å². The van der Waals surface area contributed by atoms with Crippen molar-refractivity contribution in [3.8, 4) is 0 Å². The summed E-state index contributed by atoms with van der Waals surface area (Å²) >= 11 is 3.49. The Hall–Kier alpha value is -1.61. The Bertz CT molecular complexity index is 649. The molecule has 0 aromatic heterocycles. The minimum atomic E-state index is -0.744. The van der Waals surface area contributed by atoms with Gasteiger partial charge in [-0.2, -0.15) is 0 Å². The summed E-state index contributed by atoms with van der Waals surface area (Å²) in [5, 5.41) is 9.53. The standard InChI is InChI=1S/C18H19BrO2/c1-12-7-8-13(2)15(9-12)11-16(18(20)21)10-14-5-3-4-6-17(14)19/h3-9,16H,10-11H2,1-2H3,(H,20,21). The number of hydrogen-bond acceptors (Lipinski definition) is 1. The van der Waals surface area contributed by atoms with Crippen LogP contribution in [0.3, 0.4) is 0 Å². The van der Waals surface area contributed by atoms with Crippen LogP contribution in [0.15, 0.2) is 46.9 Å². The molecule has 110 valence electrons. The first-order valence-electron chi connectivity index (χ1n) is 6.99. The lowest BCUT2D eigenvalue weighted by molar-refractivity contribution is -0.141. The van der Waals surface area contributed by atoms with Crippen molar-refractivity contribution < 1.29 is 9.90 Å². The Balaban J connectivity index is 2.22. The van der Waals surface area contributed by atoms with Gasteiger partial charge in [0, 0.05) is 4.47 Å². The first kappa shape index (κ1) is 15.8. The van der Waals surface area contributed by atoms with Crippen LogP contribution in [0.5, 0.6) is 0 Å². The molecule has 0 fully saturated rings. The number of carboxylic acids is 1. The van der Waals surface area contributed by atoms with E-state index in [0.717, 1.165) is 21.2 Å². The molecule has 0 aliphatic heterocycles. The molecule has 2 nitrogen and oxygen atoms in total. The van der Waals surface area contributed by atoms with Crippen molar-refractivity contribution in [1.82, 2.24) is 0 Å². The molecule has 1 N–H and O–H groups in total. The molecule has 2 rings (SSSR count). The SMILES string of the molecule is Cc1ccc(C)c(CC(Cc2ccccc2Br)C(=O)O)c1. The third kappa shape index (κ3) is 4.18. The van der Waals surface area contributed by atoms with Crippen LogP contribution in [0.4, 0.5) is 0 Å². The molecule has 0 aliphatic rings. The number of aryl methyl sites for hydroxylation is 2. The fourth-order valence-corrected chi connectivity index (χ4v) is 2.91. The monoisotopic (exact) mass is 346 g/mol. The van der Waals surface area contributed by atoms with Crippen LogP contribution >= 0.6 is 15.9 Å². The van der Waals surface area contributed by atoms with Gasteiger partial charge in [-0.25, -0.2) is 0 Å². The van der Waals surface area contributed by atoms with Crippen LogP contribution < -0.4 is 0 Å². The van der Waals surface area contributed by atoms with Crippen molar-refractivity contribution in [2.45, 2.75) is 26.7 Å². The summed E-state index contributed by atoms with van der Waals surface area (Å²) in [5.41, 5.74) is 4.48. The highest BCUT2D eigenvalue weighted by Crippen LogP contribution is 2.23. The summed E-state index contributed by atoms with van der Waals surface area (Å²) in [7, 11) is 0. The predicted octanol–water partition coefficient (Wildman–Crippen LogP) is 4.55. The van der Waals surface area contributed by atoms with Crippen LogP contribution in [0.25, 0.3) is 0 Å². The Kier molecular flexibility index (Phi) is 5.18. The lowest BCUT2D eigenvalue weighted by Crippen LogP contribution is -2.20. The van der Waals surface area contributed by atoms with Gasteiger partial charge in [-0.3, -0.25) is 4.79 Å². The number of rotatable bonds is 5. The van der Waals surface area contributed by atoms with Crippen LogP contribution in [0.1, 0.15) is 22.3 Å². The van der Waals surface area contributed by atoms with Gasteiger partial charge in [-0.15, -0.1) is 0 Å². The average molecular weight is 347 g/mol. The number of carbonyl (C=O) groups is 1. The molecule has 1 atom stereocenters. The lowest BCUT2D eigenvalue weighted by atomic mass is 9.90. The number of carboxylic acid groups (broad SMARTS) is 1. The number of aliphatic carboxylic acids is 1. The van der Waals surface area contributed by atoms with Crippen molar-refractivity contribution >= 4 is 21.9 Å². The molecule has 0 saturated carbocycles. The predicted molar refractivity (Wildman–Crippen MR) is 88.6 cm³/mol. The summed E-state index contributed by atoms with van der Waals surface area (Å²) in [5.74, 6) is -1.16. The summed E-state index contributed by atoms with van der Waals surface area (Å²) in [6.45, 7) is 4.07. The fourth-order valence-electron chi connectivity index (χ4n) is 2.46. The van der Waals surface area contributed by atoms with Crippen LogP contribution in [0.2, 0.25) is 0 Å². The van der Waals surface area contributed by atoms with E-state index in [1.165, 1.54) is 5.56 Å². The molecular weight excluding hydrogens is 328 g/mol. The quantitative estimate of drug-likeness (QED) is 0.861. The first-order chi connectivity index (χ1) is 9.97. The molecule has 2 aromatic carbocycles. The Morgan fingerprint density at radius 3 is 2.43 bits per heavy atom. The molecule has 0 heterocycles. The number of halogens is 1. The lowest BCUT2D eigenvalue weighted by Gasteiger charge is -2.15. The molecule has 0 amide bonds. The van der Waals surface area contributed by atoms with Gasteiger partial charge in [0.1, 0.15) is 0 Å². The number of hydrogen-bond donors (Lipinski definition) is 1. The highest BCUT2D eigenvalue weighted by molar-refractivity contribution is 9.10. The first-order valence-corrected chi connectivity index (χ1v) is 7.79. The van der Waals surface area contributed by atoms with E-state index in [1.807, 2.05) is 38.1 Å². The van der Waals surface area contributed by atoms with Crippen LogP contribution in [-0.4, -0.2) is 11.1 Å². The fraction of sp³-hybridized carbons (Fsp3) is 0.278. The Morgan fingerprint density at radius 1 is 1.10 bits per heavy atom. The van der Waals surface area contributed by atoms with Crippen molar-refractivity contribution in [2.75, 3.05) is 0 Å². The maximum atomic E-state index is 11.6. The van der Waals surface area contributed by atoms with Gasteiger partial charge in [0.25, 0.3) is 0 Å². The van der Waals surface area contributed by atoms with Gasteiger partial charge >= 0.3 is 5.97 Å². The van der Waals surface area contributed by atoms with E-state index < -0.39 is 11.9 Å². The molecule has 0 spiro atoms. The van der Waals surface area contributed by atoms with Gasteiger partial charge in [-0.05, 0) is 49.4 Å². The van der Waals surface area contributed by atoms with E-state index in [0.29, 0.717) is 12.8 Å². The second kappa shape index (κ2) is 6.90. The second-order valence-corrected chi connectivity index (χ2v) is 6.32. The maximum absolute atomic E-state index is 11.6. The van der Waals surface area contributed by atoms with Gasteiger partial charge < -0.3 is 5.11 Å². The zero-order valence-corrected chi connectivity index (χ0v) is 13.9. The second-order valence-electron chi connectivity index (χ2n) is 5.46. The summed E-state index contributed by atoms with van der Waals surface area (Å²) in [4.78, 5) is 11.6. The average Bonchev–Trinajstić information content (AvgIpc) is 2.44. The molecule has 0 bridgehead atoms. The van der Waals surface area contributed by atoms with E-state index in [-0.39, 0.29) is 0 Å². The Labute approximate surface area is 134 Å². The minimum Gasteiger partial charge on any atom is -0.481 e. The third-order valence-corrected chi connectivity index (χ3v) is 4.52. The van der Waals surface area contributed by atoms with Crippen LogP contribution in [-0.2, 0) is 17.6 Å². The van der Waals surface area contributed by atoms with Gasteiger partial charge in [-0.1, -0.05) is 57.9 Å². The van der Waals surface area contributed by atoms with E-state index in [1.54, 1.807) is 0 Å². The molecule has 21 heavy (non-hydrogen) atoms. The minimum absolute atomic E-state index is 0.413. The van der Waals surface area contributed by atoms with E-state index in [4.69, 9.17) is 0 Å². The van der Waals surface area contributed by atoms with E-state index in [2.05, 4.69) is 34.1 Å². The van der Waals surface area contributed by atoms with Crippen molar-refractivity contribution in [3.63, 3.8) is 0 Å². The summed E-state index contributed by atoms with van der Waals surface area (Å²) in [6, 6.07) is 14.0. The summed E-state index contributed by atoms with van der Waals surface area (Å²) < 4.78 is 0.970. The smallest absolute Gasteiger partial charge is 0.307 e.